The van der Waals surface area contributed by atoms with Crippen LogP contribution in [0.2, 0.25) is 5.28 Å². The minimum absolute atomic E-state index is 0.246. The summed E-state index contributed by atoms with van der Waals surface area (Å²) in [5.74, 6) is 0.746. The number of hydrogen-bond acceptors (Lipinski definition) is 4. The number of H-pyrrole nitrogens is 1. The van der Waals surface area contributed by atoms with Gasteiger partial charge in [0, 0.05) is 30.1 Å². The highest BCUT2D eigenvalue weighted by Crippen LogP contribution is 2.13. The monoisotopic (exact) mass is 223 g/mol. The van der Waals surface area contributed by atoms with Gasteiger partial charge in [-0.2, -0.15) is 5.10 Å². The Kier molecular flexibility index (Phi) is 2.82. The lowest BCUT2D eigenvalue weighted by Crippen LogP contribution is -2.03. The molecule has 5 nitrogen and oxygen atoms in total. The molecule has 6 heteroatoms. The summed E-state index contributed by atoms with van der Waals surface area (Å²) < 4.78 is 0. The van der Waals surface area contributed by atoms with Gasteiger partial charge in [0.15, 0.2) is 0 Å². The van der Waals surface area contributed by atoms with Crippen molar-refractivity contribution in [3.63, 3.8) is 0 Å². The van der Waals surface area contributed by atoms with E-state index in [1.807, 2.05) is 13.1 Å². The van der Waals surface area contributed by atoms with Crippen molar-refractivity contribution in [2.75, 3.05) is 5.32 Å². The van der Waals surface area contributed by atoms with E-state index in [9.17, 15) is 0 Å². The third kappa shape index (κ3) is 2.44. The van der Waals surface area contributed by atoms with Gasteiger partial charge in [-0.05, 0) is 18.5 Å². The number of nitrogens with zero attached hydrogens (tertiary/aromatic N) is 3. The van der Waals surface area contributed by atoms with Gasteiger partial charge < -0.3 is 5.32 Å². The Bertz CT molecular complexity index is 440. The second kappa shape index (κ2) is 4.27. The van der Waals surface area contributed by atoms with E-state index in [0.717, 1.165) is 16.9 Å². The molecule has 15 heavy (non-hydrogen) atoms. The predicted octanol–water partition coefficient (Wildman–Crippen LogP) is 1.77. The molecule has 0 radical (unpaired) electrons. The standard InChI is InChI=1S/C9H10ClN5/c1-6-2-12-9(10)15-8(6)11-3-7-4-13-14-5-7/h2,4-5H,3H2,1H3,(H,13,14)(H,11,12,15). The van der Waals surface area contributed by atoms with Gasteiger partial charge in [-0.25, -0.2) is 9.97 Å². The second-order valence-electron chi connectivity index (χ2n) is 3.13. The van der Waals surface area contributed by atoms with Crippen molar-refractivity contribution in [3.05, 3.63) is 35.0 Å². The molecule has 0 spiro atoms. The third-order valence-corrected chi connectivity index (χ3v) is 2.14. The number of aryl methyl sites for hydroxylation is 1. The van der Waals surface area contributed by atoms with E-state index < -0.39 is 0 Å². The van der Waals surface area contributed by atoms with Crippen LogP contribution in [-0.2, 0) is 6.54 Å². The van der Waals surface area contributed by atoms with Crippen molar-refractivity contribution < 1.29 is 0 Å². The van der Waals surface area contributed by atoms with Crippen LogP contribution in [-0.4, -0.2) is 20.2 Å². The molecule has 78 valence electrons. The lowest BCUT2D eigenvalue weighted by atomic mass is 10.3. The minimum Gasteiger partial charge on any atom is -0.366 e. The summed E-state index contributed by atoms with van der Waals surface area (Å²) in [6.45, 7) is 2.58. The van der Waals surface area contributed by atoms with Crippen LogP contribution in [0.15, 0.2) is 18.6 Å². The molecule has 0 aliphatic rings. The summed E-state index contributed by atoms with van der Waals surface area (Å²) >= 11 is 5.70. The van der Waals surface area contributed by atoms with E-state index in [-0.39, 0.29) is 5.28 Å². The first-order valence-electron chi connectivity index (χ1n) is 4.46. The van der Waals surface area contributed by atoms with Crippen molar-refractivity contribution in [1.29, 1.82) is 0 Å². The van der Waals surface area contributed by atoms with Crippen LogP contribution >= 0.6 is 11.6 Å². The van der Waals surface area contributed by atoms with E-state index in [2.05, 4.69) is 25.5 Å². The molecule has 0 bridgehead atoms. The first-order chi connectivity index (χ1) is 7.25. The molecule has 0 fully saturated rings. The number of anilines is 1. The maximum absolute atomic E-state index is 5.70. The van der Waals surface area contributed by atoms with Crippen molar-refractivity contribution in [1.82, 2.24) is 20.2 Å². The topological polar surface area (TPSA) is 66.5 Å². The summed E-state index contributed by atoms with van der Waals surface area (Å²) in [6, 6.07) is 0. The van der Waals surface area contributed by atoms with Gasteiger partial charge in [-0.1, -0.05) is 0 Å². The lowest BCUT2D eigenvalue weighted by Gasteiger charge is -2.06. The van der Waals surface area contributed by atoms with E-state index in [1.165, 1.54) is 0 Å². The average molecular weight is 224 g/mol. The minimum atomic E-state index is 0.246. The molecule has 0 saturated carbocycles. The normalized spacial score (nSPS) is 10.3. The smallest absolute Gasteiger partial charge is 0.224 e. The zero-order chi connectivity index (χ0) is 10.7. The fourth-order valence-corrected chi connectivity index (χ4v) is 1.29. The Labute approximate surface area is 91.9 Å². The van der Waals surface area contributed by atoms with Crippen LogP contribution in [0.25, 0.3) is 0 Å². The number of aromatic amines is 1. The zero-order valence-electron chi connectivity index (χ0n) is 8.16. The molecular weight excluding hydrogens is 214 g/mol. The van der Waals surface area contributed by atoms with Crippen LogP contribution in [0.4, 0.5) is 5.82 Å². The van der Waals surface area contributed by atoms with Crippen molar-refractivity contribution in [3.8, 4) is 0 Å². The number of nitrogens with one attached hydrogen (secondary N) is 2. The molecule has 0 aliphatic carbocycles. The maximum Gasteiger partial charge on any atom is 0.224 e. The summed E-state index contributed by atoms with van der Waals surface area (Å²) in [4.78, 5) is 7.96. The summed E-state index contributed by atoms with van der Waals surface area (Å²) in [6.07, 6.45) is 5.27. The molecule has 0 aliphatic heterocycles. The Morgan fingerprint density at radius 3 is 3.07 bits per heavy atom. The number of rotatable bonds is 3. The molecule has 2 N–H and O–H groups in total. The first kappa shape index (κ1) is 9.92. The van der Waals surface area contributed by atoms with Gasteiger partial charge in [0.05, 0.1) is 6.20 Å². The van der Waals surface area contributed by atoms with Gasteiger partial charge in [-0.15, -0.1) is 0 Å². The molecule has 0 amide bonds. The largest absolute Gasteiger partial charge is 0.366 e. The van der Waals surface area contributed by atoms with Gasteiger partial charge in [0.25, 0.3) is 0 Å². The summed E-state index contributed by atoms with van der Waals surface area (Å²) in [7, 11) is 0. The van der Waals surface area contributed by atoms with Crippen LogP contribution in [0.5, 0.6) is 0 Å². The highest BCUT2D eigenvalue weighted by Gasteiger charge is 2.02. The molecule has 2 rings (SSSR count). The van der Waals surface area contributed by atoms with Gasteiger partial charge in [0.1, 0.15) is 5.82 Å². The predicted molar refractivity (Wildman–Crippen MR) is 57.7 cm³/mol. The van der Waals surface area contributed by atoms with E-state index in [0.29, 0.717) is 6.54 Å². The first-order valence-corrected chi connectivity index (χ1v) is 4.84. The van der Waals surface area contributed by atoms with Crippen LogP contribution < -0.4 is 5.32 Å². The zero-order valence-corrected chi connectivity index (χ0v) is 8.91. The van der Waals surface area contributed by atoms with Gasteiger partial charge in [0.2, 0.25) is 5.28 Å². The van der Waals surface area contributed by atoms with E-state index in [1.54, 1.807) is 12.4 Å². The van der Waals surface area contributed by atoms with Crippen LogP contribution in [0.1, 0.15) is 11.1 Å². The molecule has 0 atom stereocenters. The molecular formula is C9H10ClN5. The van der Waals surface area contributed by atoms with Crippen molar-refractivity contribution in [2.45, 2.75) is 13.5 Å². The van der Waals surface area contributed by atoms with Gasteiger partial charge >= 0.3 is 0 Å². The molecule has 2 aromatic heterocycles. The fourth-order valence-electron chi connectivity index (χ4n) is 1.16. The Hall–Kier alpha value is -1.62. The van der Waals surface area contributed by atoms with Crippen LogP contribution in [0, 0.1) is 6.92 Å². The molecule has 0 saturated heterocycles. The number of hydrogen-bond donors (Lipinski definition) is 2. The molecule has 2 aromatic rings. The molecule has 0 aromatic carbocycles. The SMILES string of the molecule is Cc1cnc(Cl)nc1NCc1cn[nH]c1. The third-order valence-electron chi connectivity index (χ3n) is 1.96. The number of aromatic nitrogens is 4. The Balaban J connectivity index is 2.07. The molecule has 2 heterocycles. The summed E-state index contributed by atoms with van der Waals surface area (Å²) in [5, 5.41) is 10.0. The maximum atomic E-state index is 5.70. The average Bonchev–Trinajstić information content (AvgIpc) is 2.72. The fraction of sp³-hybridized carbons (Fsp3) is 0.222. The van der Waals surface area contributed by atoms with Crippen LogP contribution in [0.3, 0.4) is 0 Å². The van der Waals surface area contributed by atoms with Gasteiger partial charge in [-0.3, -0.25) is 5.10 Å². The number of halogens is 1. The molecule has 0 unspecified atom stereocenters. The highest BCUT2D eigenvalue weighted by atomic mass is 35.5. The van der Waals surface area contributed by atoms with Crippen molar-refractivity contribution >= 4 is 17.4 Å². The van der Waals surface area contributed by atoms with Crippen molar-refractivity contribution in [2.24, 2.45) is 0 Å². The highest BCUT2D eigenvalue weighted by molar-refractivity contribution is 6.28. The quantitative estimate of drug-likeness (QED) is 0.779. The van der Waals surface area contributed by atoms with E-state index >= 15 is 0 Å². The summed E-state index contributed by atoms with van der Waals surface area (Å²) in [5.41, 5.74) is 2.02. The second-order valence-corrected chi connectivity index (χ2v) is 3.47. The Morgan fingerprint density at radius 1 is 1.47 bits per heavy atom. The Morgan fingerprint density at radius 2 is 2.33 bits per heavy atom. The van der Waals surface area contributed by atoms with E-state index in [4.69, 9.17) is 11.6 Å². The lowest BCUT2D eigenvalue weighted by molar-refractivity contribution is 1.06.